The molecule has 0 spiro atoms. The number of hydrogen-bond acceptors (Lipinski definition) is 4. The third kappa shape index (κ3) is 4.31. The maximum atomic E-state index is 13.4. The van der Waals surface area contributed by atoms with Crippen LogP contribution in [0, 0.1) is 0 Å². The number of benzene rings is 3. The van der Waals surface area contributed by atoms with Crippen LogP contribution in [0.2, 0.25) is 0 Å². The minimum atomic E-state index is -4.49. The van der Waals surface area contributed by atoms with E-state index < -0.39 is 23.3 Å². The fourth-order valence-corrected chi connectivity index (χ4v) is 3.78. The number of rotatable bonds is 5. The zero-order valence-electron chi connectivity index (χ0n) is 18.3. The van der Waals surface area contributed by atoms with Crippen LogP contribution in [0.3, 0.4) is 0 Å². The van der Waals surface area contributed by atoms with E-state index in [1.807, 2.05) is 0 Å². The first-order valence-corrected chi connectivity index (χ1v) is 10.6. The fourth-order valence-electron chi connectivity index (χ4n) is 3.78. The molecule has 0 unspecified atom stereocenters. The van der Waals surface area contributed by atoms with E-state index in [4.69, 9.17) is 4.74 Å². The summed E-state index contributed by atoms with van der Waals surface area (Å²) in [5, 5.41) is 13.2. The number of carboxylic acids is 1. The second-order valence-electron chi connectivity index (χ2n) is 7.83. The van der Waals surface area contributed by atoms with Crippen molar-refractivity contribution < 1.29 is 27.8 Å². The molecule has 2 aromatic heterocycles. The smallest absolute Gasteiger partial charge is 0.416 e. The highest BCUT2D eigenvalue weighted by Crippen LogP contribution is 2.34. The number of ether oxygens (including phenoxy) is 1. The Balaban J connectivity index is 1.57. The number of carboxylic acid groups (broad SMARTS) is 1. The Bertz CT molecular complexity index is 1640. The van der Waals surface area contributed by atoms with Crippen LogP contribution in [-0.2, 0) is 6.18 Å². The van der Waals surface area contributed by atoms with E-state index in [-0.39, 0.29) is 22.7 Å². The van der Waals surface area contributed by atoms with Gasteiger partial charge in [-0.15, -0.1) is 0 Å². The molecule has 0 bridgehead atoms. The van der Waals surface area contributed by atoms with Crippen LogP contribution in [0.4, 0.5) is 13.2 Å². The molecule has 36 heavy (non-hydrogen) atoms. The van der Waals surface area contributed by atoms with Crippen molar-refractivity contribution in [2.45, 2.75) is 6.18 Å². The molecule has 0 aliphatic carbocycles. The molecule has 2 N–H and O–H groups in total. The number of aromatic nitrogens is 3. The van der Waals surface area contributed by atoms with Crippen molar-refractivity contribution in [2.24, 2.45) is 0 Å². The number of alkyl halides is 3. The zero-order valence-corrected chi connectivity index (χ0v) is 18.3. The number of aromatic amines is 1. The van der Waals surface area contributed by atoms with Crippen LogP contribution in [0.1, 0.15) is 16.1 Å². The first-order chi connectivity index (χ1) is 17.2. The van der Waals surface area contributed by atoms with Gasteiger partial charge in [-0.25, -0.2) is 4.79 Å². The Morgan fingerprint density at radius 3 is 2.28 bits per heavy atom. The summed E-state index contributed by atoms with van der Waals surface area (Å²) in [7, 11) is 0. The molecule has 3 aromatic carbocycles. The van der Waals surface area contributed by atoms with Gasteiger partial charge in [0.2, 0.25) is 0 Å². The Kier molecular flexibility index (Phi) is 5.56. The Morgan fingerprint density at radius 1 is 0.889 bits per heavy atom. The molecule has 0 atom stereocenters. The maximum absolute atomic E-state index is 13.4. The largest absolute Gasteiger partial charge is 0.476 e. The molecular formula is C26H16F3N3O4. The maximum Gasteiger partial charge on any atom is 0.416 e. The Morgan fingerprint density at radius 2 is 1.61 bits per heavy atom. The van der Waals surface area contributed by atoms with Crippen LogP contribution in [0.25, 0.3) is 28.0 Å². The van der Waals surface area contributed by atoms with Gasteiger partial charge < -0.3 is 14.8 Å². The molecule has 5 aromatic rings. The second-order valence-corrected chi connectivity index (χ2v) is 7.83. The third-order valence-corrected chi connectivity index (χ3v) is 5.44. The highest BCUT2D eigenvalue weighted by molar-refractivity contribution is 5.87. The predicted molar refractivity (Wildman–Crippen MR) is 125 cm³/mol. The number of fused-ring (bicyclic) bond motifs is 1. The first-order valence-electron chi connectivity index (χ1n) is 10.6. The number of hydrogen-bond donors (Lipinski definition) is 2. The summed E-state index contributed by atoms with van der Waals surface area (Å²) in [6, 6.07) is 21.0. The van der Waals surface area contributed by atoms with E-state index >= 15 is 0 Å². The van der Waals surface area contributed by atoms with E-state index in [0.29, 0.717) is 22.6 Å². The number of nitrogens with one attached hydrogen (secondary N) is 1. The average molecular weight is 491 g/mol. The molecule has 180 valence electrons. The number of halogens is 3. The van der Waals surface area contributed by atoms with Crippen molar-refractivity contribution >= 4 is 11.6 Å². The molecule has 0 aliphatic rings. The quantitative estimate of drug-likeness (QED) is 0.321. The fraction of sp³-hybridized carbons (Fsp3) is 0.0385. The molecule has 0 radical (unpaired) electrons. The van der Waals surface area contributed by atoms with Gasteiger partial charge >= 0.3 is 12.1 Å². The number of carbonyl (C=O) groups is 1. The van der Waals surface area contributed by atoms with Gasteiger partial charge in [-0.05, 0) is 53.6 Å². The lowest BCUT2D eigenvalue weighted by Gasteiger charge is -2.12. The number of aromatic carboxylic acids is 1. The lowest BCUT2D eigenvalue weighted by atomic mass is 10.0. The molecule has 0 fully saturated rings. The number of H-pyrrole nitrogens is 1. The zero-order chi connectivity index (χ0) is 25.4. The highest BCUT2D eigenvalue weighted by Gasteiger charge is 2.30. The van der Waals surface area contributed by atoms with Gasteiger partial charge in [0.15, 0.2) is 5.69 Å². The van der Waals surface area contributed by atoms with Crippen LogP contribution >= 0.6 is 0 Å². The lowest BCUT2D eigenvalue weighted by molar-refractivity contribution is -0.137. The summed E-state index contributed by atoms with van der Waals surface area (Å²) in [4.78, 5) is 27.8. The van der Waals surface area contributed by atoms with E-state index in [1.165, 1.54) is 18.2 Å². The van der Waals surface area contributed by atoms with Crippen molar-refractivity contribution in [3.05, 3.63) is 107 Å². The molecule has 7 nitrogen and oxygen atoms in total. The highest BCUT2D eigenvalue weighted by atomic mass is 19.4. The summed E-state index contributed by atoms with van der Waals surface area (Å²) in [6.07, 6.45) is -4.49. The van der Waals surface area contributed by atoms with Gasteiger partial charge in [0.05, 0.1) is 16.8 Å². The standard InChI is InChI=1S/C26H16F3N3O4/c27-26(28,29)17-7-4-8-19(13-17)36-18-11-9-16(10-12-18)23-22(15-5-2-1-3-6-15)24(33)32-21(30-23)14-20(31-32)25(34)35/h1-14,30H,(H,34,35). The second kappa shape index (κ2) is 8.73. The van der Waals surface area contributed by atoms with E-state index in [2.05, 4.69) is 10.1 Å². The monoisotopic (exact) mass is 491 g/mol. The summed E-state index contributed by atoms with van der Waals surface area (Å²) in [6.45, 7) is 0. The first kappa shape index (κ1) is 22.9. The molecule has 0 amide bonds. The van der Waals surface area contributed by atoms with E-state index in [1.54, 1.807) is 54.6 Å². The summed E-state index contributed by atoms with van der Waals surface area (Å²) >= 11 is 0. The van der Waals surface area contributed by atoms with Gasteiger partial charge in [-0.2, -0.15) is 22.8 Å². The van der Waals surface area contributed by atoms with Gasteiger partial charge in [0.1, 0.15) is 17.1 Å². The molecular weight excluding hydrogens is 475 g/mol. The van der Waals surface area contributed by atoms with Crippen LogP contribution in [0.15, 0.2) is 89.7 Å². The lowest BCUT2D eigenvalue weighted by Crippen LogP contribution is -2.19. The minimum absolute atomic E-state index is 0.0258. The average Bonchev–Trinajstić information content (AvgIpc) is 3.30. The summed E-state index contributed by atoms with van der Waals surface area (Å²) < 4.78 is 45.6. The predicted octanol–water partition coefficient (Wildman–Crippen LogP) is 5.87. The van der Waals surface area contributed by atoms with Gasteiger partial charge in [0, 0.05) is 6.07 Å². The van der Waals surface area contributed by atoms with Crippen molar-refractivity contribution in [1.82, 2.24) is 14.6 Å². The normalized spacial score (nSPS) is 11.5. The molecule has 0 saturated carbocycles. The molecule has 5 rings (SSSR count). The molecule has 10 heteroatoms. The number of nitrogens with zero attached hydrogens (tertiary/aromatic N) is 2. The van der Waals surface area contributed by atoms with Crippen molar-refractivity contribution in [2.75, 3.05) is 0 Å². The summed E-state index contributed by atoms with van der Waals surface area (Å²) in [5.41, 5.74) is 0.421. The van der Waals surface area contributed by atoms with Crippen LogP contribution < -0.4 is 10.3 Å². The van der Waals surface area contributed by atoms with Gasteiger partial charge in [0.25, 0.3) is 5.56 Å². The summed E-state index contributed by atoms with van der Waals surface area (Å²) in [5.74, 6) is -0.955. The SMILES string of the molecule is O=C(O)c1cc2[nH]c(-c3ccc(Oc4cccc(C(F)(F)F)c4)cc3)c(-c3ccccc3)c(=O)n2n1. The van der Waals surface area contributed by atoms with E-state index in [0.717, 1.165) is 16.6 Å². The molecule has 2 heterocycles. The van der Waals surface area contributed by atoms with Gasteiger partial charge in [-0.3, -0.25) is 4.79 Å². The molecule has 0 aliphatic heterocycles. The topological polar surface area (TPSA) is 96.7 Å². The van der Waals surface area contributed by atoms with Crippen LogP contribution in [-0.4, -0.2) is 25.7 Å². The Hall–Kier alpha value is -4.86. The van der Waals surface area contributed by atoms with Crippen LogP contribution in [0.5, 0.6) is 11.5 Å². The van der Waals surface area contributed by atoms with Crippen molar-refractivity contribution in [3.8, 4) is 33.9 Å². The third-order valence-electron chi connectivity index (χ3n) is 5.44. The van der Waals surface area contributed by atoms with E-state index in [9.17, 15) is 27.9 Å². The Labute approximate surface area is 201 Å². The minimum Gasteiger partial charge on any atom is -0.476 e. The van der Waals surface area contributed by atoms with Crippen molar-refractivity contribution in [1.29, 1.82) is 0 Å². The molecule has 0 saturated heterocycles. The van der Waals surface area contributed by atoms with Gasteiger partial charge in [-0.1, -0.05) is 36.4 Å². The van der Waals surface area contributed by atoms with Crippen molar-refractivity contribution in [3.63, 3.8) is 0 Å².